The molecule has 1 unspecified atom stereocenters. The van der Waals surface area contributed by atoms with Crippen molar-refractivity contribution in [3.05, 3.63) is 35.4 Å². The van der Waals surface area contributed by atoms with Crippen LogP contribution < -0.4 is 5.73 Å². The molecule has 0 bridgehead atoms. The summed E-state index contributed by atoms with van der Waals surface area (Å²) < 4.78 is 4.75. The maximum absolute atomic E-state index is 11.5. The molecule has 0 saturated heterocycles. The largest absolute Gasteiger partial charge is 0.468 e. The molecular formula is C13H17NO2S2. The fraction of sp³-hybridized carbons (Fsp3) is 0.385. The molecule has 1 aromatic carbocycles. The van der Waals surface area contributed by atoms with Crippen LogP contribution in [0, 0.1) is 0 Å². The topological polar surface area (TPSA) is 52.3 Å². The van der Waals surface area contributed by atoms with Crippen LogP contribution in [0.15, 0.2) is 24.3 Å². The van der Waals surface area contributed by atoms with E-state index < -0.39 is 0 Å². The van der Waals surface area contributed by atoms with Gasteiger partial charge in [0.25, 0.3) is 0 Å². The van der Waals surface area contributed by atoms with E-state index >= 15 is 0 Å². The third-order valence-electron chi connectivity index (χ3n) is 2.50. The molecule has 1 aromatic rings. The molecule has 0 aromatic heterocycles. The summed E-state index contributed by atoms with van der Waals surface area (Å²) in [5.74, 6) is 0.567. The molecule has 0 radical (unpaired) electrons. The molecule has 18 heavy (non-hydrogen) atoms. The van der Waals surface area contributed by atoms with E-state index in [4.69, 9.17) is 22.7 Å². The number of rotatable bonds is 6. The Labute approximate surface area is 117 Å². The molecule has 3 nitrogen and oxygen atoms in total. The zero-order valence-electron chi connectivity index (χ0n) is 10.5. The van der Waals surface area contributed by atoms with Crippen molar-refractivity contribution in [3.63, 3.8) is 0 Å². The van der Waals surface area contributed by atoms with Crippen molar-refractivity contribution in [2.45, 2.75) is 24.3 Å². The van der Waals surface area contributed by atoms with Gasteiger partial charge in [0, 0.05) is 11.3 Å². The van der Waals surface area contributed by atoms with E-state index in [1.165, 1.54) is 7.11 Å². The number of carbonyl (C=O) groups is 1. The minimum Gasteiger partial charge on any atom is -0.468 e. The van der Waals surface area contributed by atoms with Gasteiger partial charge in [0.05, 0.1) is 7.11 Å². The molecule has 0 aliphatic carbocycles. The summed E-state index contributed by atoms with van der Waals surface area (Å²) in [7, 11) is 1.42. The summed E-state index contributed by atoms with van der Waals surface area (Å²) in [6, 6.07) is 7.76. The van der Waals surface area contributed by atoms with Crippen LogP contribution in [0.1, 0.15) is 24.5 Å². The molecule has 98 valence electrons. The minimum absolute atomic E-state index is 0.122. The van der Waals surface area contributed by atoms with E-state index in [0.29, 0.717) is 4.99 Å². The van der Waals surface area contributed by atoms with Crippen LogP contribution in [-0.4, -0.2) is 23.3 Å². The van der Waals surface area contributed by atoms with Crippen LogP contribution in [0.4, 0.5) is 0 Å². The second-order valence-electron chi connectivity index (χ2n) is 3.80. The highest BCUT2D eigenvalue weighted by atomic mass is 32.2. The van der Waals surface area contributed by atoms with Gasteiger partial charge in [-0.1, -0.05) is 37.3 Å². The summed E-state index contributed by atoms with van der Waals surface area (Å²) in [6.45, 7) is 1.97. The number of thioether (sulfide) groups is 1. The quantitative estimate of drug-likeness (QED) is 0.642. The maximum atomic E-state index is 11.5. The van der Waals surface area contributed by atoms with E-state index in [1.807, 2.05) is 31.2 Å². The van der Waals surface area contributed by atoms with Crippen LogP contribution >= 0.6 is 24.0 Å². The van der Waals surface area contributed by atoms with Gasteiger partial charge in [0.15, 0.2) is 0 Å². The lowest BCUT2D eigenvalue weighted by atomic mass is 10.1. The zero-order chi connectivity index (χ0) is 13.5. The molecule has 0 aliphatic rings. The summed E-state index contributed by atoms with van der Waals surface area (Å²) in [6.07, 6.45) is 0.756. The lowest BCUT2D eigenvalue weighted by Gasteiger charge is -2.12. The number of ether oxygens (including phenoxy) is 1. The van der Waals surface area contributed by atoms with Gasteiger partial charge in [-0.15, -0.1) is 11.8 Å². The molecule has 0 amide bonds. The maximum Gasteiger partial charge on any atom is 0.318 e. The van der Waals surface area contributed by atoms with Gasteiger partial charge in [-0.25, -0.2) is 0 Å². The molecule has 0 spiro atoms. The first-order chi connectivity index (χ1) is 8.58. The number of nitrogens with two attached hydrogens (primary N) is 1. The van der Waals surface area contributed by atoms with Crippen LogP contribution in [0.25, 0.3) is 0 Å². The monoisotopic (exact) mass is 283 g/mol. The van der Waals surface area contributed by atoms with E-state index in [2.05, 4.69) is 0 Å². The second-order valence-corrected chi connectivity index (χ2v) is 5.43. The molecule has 0 fully saturated rings. The number of carbonyl (C=O) groups excluding carboxylic acids is 1. The Morgan fingerprint density at radius 3 is 2.83 bits per heavy atom. The lowest BCUT2D eigenvalue weighted by Crippen LogP contribution is -2.18. The zero-order valence-corrected chi connectivity index (χ0v) is 12.1. The molecule has 0 heterocycles. The fourth-order valence-electron chi connectivity index (χ4n) is 1.50. The van der Waals surface area contributed by atoms with Crippen LogP contribution in [0.3, 0.4) is 0 Å². The molecule has 2 N–H and O–H groups in total. The Kier molecular flexibility index (Phi) is 6.15. The van der Waals surface area contributed by atoms with Gasteiger partial charge in [0.1, 0.15) is 10.2 Å². The fourth-order valence-corrected chi connectivity index (χ4v) is 2.66. The van der Waals surface area contributed by atoms with E-state index in [9.17, 15) is 4.79 Å². The van der Waals surface area contributed by atoms with Crippen LogP contribution in [0.2, 0.25) is 0 Å². The molecule has 1 atom stereocenters. The predicted molar refractivity (Wildman–Crippen MR) is 79.7 cm³/mol. The van der Waals surface area contributed by atoms with Crippen molar-refractivity contribution >= 4 is 34.9 Å². The van der Waals surface area contributed by atoms with Crippen molar-refractivity contribution in [2.24, 2.45) is 5.73 Å². The van der Waals surface area contributed by atoms with E-state index in [-0.39, 0.29) is 11.2 Å². The van der Waals surface area contributed by atoms with Gasteiger partial charge in [-0.05, 0) is 18.1 Å². The van der Waals surface area contributed by atoms with Crippen LogP contribution in [0.5, 0.6) is 0 Å². The highest BCUT2D eigenvalue weighted by Crippen LogP contribution is 2.21. The van der Waals surface area contributed by atoms with Gasteiger partial charge in [0.2, 0.25) is 0 Å². The Morgan fingerprint density at radius 1 is 1.56 bits per heavy atom. The Morgan fingerprint density at radius 2 is 2.28 bits per heavy atom. The second kappa shape index (κ2) is 7.38. The van der Waals surface area contributed by atoms with Gasteiger partial charge < -0.3 is 10.5 Å². The van der Waals surface area contributed by atoms with Gasteiger partial charge >= 0.3 is 5.97 Å². The van der Waals surface area contributed by atoms with E-state index in [1.54, 1.807) is 11.8 Å². The number of hydrogen-bond donors (Lipinski definition) is 1. The third-order valence-corrected chi connectivity index (χ3v) is 4.16. The number of esters is 1. The predicted octanol–water partition coefficient (Wildman–Crippen LogP) is 2.51. The Hall–Kier alpha value is -1.07. The lowest BCUT2D eigenvalue weighted by molar-refractivity contribution is -0.140. The number of benzene rings is 1. The van der Waals surface area contributed by atoms with Crippen molar-refractivity contribution in [2.75, 3.05) is 7.11 Å². The van der Waals surface area contributed by atoms with Crippen molar-refractivity contribution in [1.82, 2.24) is 0 Å². The molecular weight excluding hydrogens is 266 g/mol. The SMILES string of the molecule is CCC(SCc1cccc(C(N)=S)c1)C(=O)OC. The summed E-state index contributed by atoms with van der Waals surface area (Å²) in [5.41, 5.74) is 7.55. The first-order valence-corrected chi connectivity index (χ1v) is 7.12. The number of methoxy groups -OCH3 is 1. The molecule has 0 aliphatic heterocycles. The first-order valence-electron chi connectivity index (χ1n) is 5.66. The summed E-state index contributed by atoms with van der Waals surface area (Å²) in [4.78, 5) is 11.8. The third kappa shape index (κ3) is 4.31. The average Bonchev–Trinajstić information content (AvgIpc) is 2.39. The van der Waals surface area contributed by atoms with Crippen molar-refractivity contribution in [3.8, 4) is 0 Å². The standard InChI is InChI=1S/C13H17NO2S2/c1-3-11(13(15)16-2)18-8-9-5-4-6-10(7-9)12(14)17/h4-7,11H,3,8H2,1-2H3,(H2,14,17). The normalized spacial score (nSPS) is 11.9. The Bertz CT molecular complexity index is 435. The molecule has 1 rings (SSSR count). The van der Waals surface area contributed by atoms with Crippen molar-refractivity contribution < 1.29 is 9.53 Å². The smallest absolute Gasteiger partial charge is 0.318 e. The summed E-state index contributed by atoms with van der Waals surface area (Å²) >= 11 is 6.51. The highest BCUT2D eigenvalue weighted by Gasteiger charge is 2.17. The number of hydrogen-bond acceptors (Lipinski definition) is 4. The average molecular weight is 283 g/mol. The van der Waals surface area contributed by atoms with Crippen molar-refractivity contribution in [1.29, 1.82) is 0 Å². The minimum atomic E-state index is -0.173. The number of thiocarbonyl (C=S) groups is 1. The molecule has 5 heteroatoms. The van der Waals surface area contributed by atoms with Gasteiger partial charge in [-0.2, -0.15) is 0 Å². The summed E-state index contributed by atoms with van der Waals surface area (Å²) in [5, 5.41) is -0.122. The van der Waals surface area contributed by atoms with E-state index in [0.717, 1.165) is 23.3 Å². The first kappa shape index (κ1) is 15.0. The highest BCUT2D eigenvalue weighted by molar-refractivity contribution is 7.99. The molecule has 0 saturated carbocycles. The van der Waals surface area contributed by atoms with Crippen LogP contribution in [-0.2, 0) is 15.3 Å². The van der Waals surface area contributed by atoms with Gasteiger partial charge in [-0.3, -0.25) is 4.79 Å². The Balaban J connectivity index is 2.65.